The summed E-state index contributed by atoms with van der Waals surface area (Å²) in [6.45, 7) is 6.19. The first-order valence-electron chi connectivity index (χ1n) is 7.40. The maximum Gasteiger partial charge on any atom is 0.221 e. The largest absolute Gasteiger partial charge is 0.351 e. The maximum atomic E-state index is 12.2. The number of nitrogens with two attached hydrogens (primary N) is 1. The van der Waals surface area contributed by atoms with Gasteiger partial charge in [-0.25, -0.2) is 4.98 Å². The number of aromatic nitrogens is 2. The van der Waals surface area contributed by atoms with E-state index >= 15 is 0 Å². The Labute approximate surface area is 120 Å². The molecule has 0 bridgehead atoms. The first kappa shape index (κ1) is 15.0. The Morgan fingerprint density at radius 1 is 1.50 bits per heavy atom. The van der Waals surface area contributed by atoms with Crippen molar-refractivity contribution in [2.24, 2.45) is 11.1 Å². The van der Waals surface area contributed by atoms with Crippen molar-refractivity contribution in [1.82, 2.24) is 14.9 Å². The summed E-state index contributed by atoms with van der Waals surface area (Å²) < 4.78 is 2.10. The van der Waals surface area contributed by atoms with Crippen LogP contribution in [0.1, 0.15) is 52.5 Å². The molecule has 0 radical (unpaired) electrons. The van der Waals surface area contributed by atoms with Gasteiger partial charge in [0.05, 0.1) is 12.4 Å². The first-order chi connectivity index (χ1) is 9.38. The molecule has 5 nitrogen and oxygen atoms in total. The number of nitrogens with zero attached hydrogens (tertiary/aromatic N) is 2. The van der Waals surface area contributed by atoms with Gasteiger partial charge in [-0.15, -0.1) is 0 Å². The predicted molar refractivity (Wildman–Crippen MR) is 79.1 cm³/mol. The first-order valence-corrected chi connectivity index (χ1v) is 7.40. The minimum absolute atomic E-state index is 0.0449. The van der Waals surface area contributed by atoms with Crippen LogP contribution in [0, 0.1) is 5.41 Å². The monoisotopic (exact) mass is 278 g/mol. The lowest BCUT2D eigenvalue weighted by atomic mass is 9.85. The summed E-state index contributed by atoms with van der Waals surface area (Å²) in [5.74, 6) is 0.0597. The van der Waals surface area contributed by atoms with Crippen molar-refractivity contribution < 1.29 is 4.79 Å². The van der Waals surface area contributed by atoms with Gasteiger partial charge < -0.3 is 15.6 Å². The van der Waals surface area contributed by atoms with Gasteiger partial charge in [-0.1, -0.05) is 20.8 Å². The summed E-state index contributed by atoms with van der Waals surface area (Å²) in [6.07, 6.45) is 9.22. The molecule has 1 amide bonds. The van der Waals surface area contributed by atoms with Crippen LogP contribution in [-0.4, -0.2) is 27.5 Å². The second kappa shape index (κ2) is 5.95. The van der Waals surface area contributed by atoms with Crippen LogP contribution < -0.4 is 11.1 Å². The summed E-state index contributed by atoms with van der Waals surface area (Å²) in [5, 5.41) is 3.15. The van der Waals surface area contributed by atoms with Crippen molar-refractivity contribution in [2.45, 2.75) is 64.6 Å². The molecule has 0 spiro atoms. The molecule has 1 heterocycles. The van der Waals surface area contributed by atoms with Crippen molar-refractivity contribution in [1.29, 1.82) is 0 Å². The standard InChI is InChI=1S/C15H26N4O/c1-15(2,3)13(16)9-14(20)18-11-5-4-6-12(11)19-8-7-17-10-19/h7-8,10-13H,4-6,9,16H2,1-3H3,(H,18,20). The fraction of sp³-hybridized carbons (Fsp3) is 0.733. The van der Waals surface area contributed by atoms with Crippen molar-refractivity contribution in [3.05, 3.63) is 18.7 Å². The van der Waals surface area contributed by atoms with Crippen LogP contribution in [0.5, 0.6) is 0 Å². The molecule has 1 aliphatic carbocycles. The number of nitrogens with one attached hydrogen (secondary N) is 1. The molecule has 5 heteroatoms. The number of amides is 1. The summed E-state index contributed by atoms with van der Waals surface area (Å²) in [5.41, 5.74) is 6.03. The van der Waals surface area contributed by atoms with Crippen LogP contribution in [-0.2, 0) is 4.79 Å². The zero-order valence-corrected chi connectivity index (χ0v) is 12.7. The molecule has 1 fully saturated rings. The Kier molecular flexibility index (Phi) is 4.48. The second-order valence-electron chi connectivity index (χ2n) is 6.86. The Hall–Kier alpha value is -1.36. The summed E-state index contributed by atoms with van der Waals surface area (Å²) >= 11 is 0. The van der Waals surface area contributed by atoms with E-state index < -0.39 is 0 Å². The third-order valence-corrected chi connectivity index (χ3v) is 4.25. The van der Waals surface area contributed by atoms with E-state index in [9.17, 15) is 4.79 Å². The molecule has 1 aromatic heterocycles. The summed E-state index contributed by atoms with van der Waals surface area (Å²) in [4.78, 5) is 16.2. The maximum absolute atomic E-state index is 12.2. The average molecular weight is 278 g/mol. The van der Waals surface area contributed by atoms with Crippen molar-refractivity contribution >= 4 is 5.91 Å². The molecule has 3 N–H and O–H groups in total. The van der Waals surface area contributed by atoms with E-state index in [1.54, 1.807) is 6.20 Å². The van der Waals surface area contributed by atoms with E-state index in [0.717, 1.165) is 19.3 Å². The van der Waals surface area contributed by atoms with Gasteiger partial charge in [-0.3, -0.25) is 4.79 Å². The van der Waals surface area contributed by atoms with Crippen LogP contribution in [0.2, 0.25) is 0 Å². The summed E-state index contributed by atoms with van der Waals surface area (Å²) in [7, 11) is 0. The number of carbonyl (C=O) groups is 1. The minimum Gasteiger partial charge on any atom is -0.351 e. The molecular weight excluding hydrogens is 252 g/mol. The van der Waals surface area contributed by atoms with E-state index in [0.29, 0.717) is 12.5 Å². The molecule has 1 saturated carbocycles. The molecular formula is C15H26N4O. The average Bonchev–Trinajstić information content (AvgIpc) is 2.96. The topological polar surface area (TPSA) is 72.9 Å². The normalized spacial score (nSPS) is 24.6. The minimum atomic E-state index is -0.115. The molecule has 112 valence electrons. The van der Waals surface area contributed by atoms with Crippen LogP contribution in [0.4, 0.5) is 0 Å². The molecule has 0 saturated heterocycles. The van der Waals surface area contributed by atoms with E-state index in [2.05, 4.69) is 35.6 Å². The second-order valence-corrected chi connectivity index (χ2v) is 6.86. The number of hydrogen-bond acceptors (Lipinski definition) is 3. The van der Waals surface area contributed by atoms with Gasteiger partial charge in [0.1, 0.15) is 0 Å². The fourth-order valence-corrected chi connectivity index (χ4v) is 2.70. The molecule has 2 rings (SSSR count). The third-order valence-electron chi connectivity index (χ3n) is 4.25. The van der Waals surface area contributed by atoms with E-state index in [1.165, 1.54) is 0 Å². The van der Waals surface area contributed by atoms with Gasteiger partial charge in [0.2, 0.25) is 5.91 Å². The van der Waals surface area contributed by atoms with E-state index in [4.69, 9.17) is 5.73 Å². The van der Waals surface area contributed by atoms with Gasteiger partial charge in [0.25, 0.3) is 0 Å². The fourth-order valence-electron chi connectivity index (χ4n) is 2.70. The SMILES string of the molecule is CC(C)(C)C(N)CC(=O)NC1CCCC1n1ccnc1. The highest BCUT2D eigenvalue weighted by atomic mass is 16.1. The Bertz CT molecular complexity index is 435. The van der Waals surface area contributed by atoms with Crippen molar-refractivity contribution in [2.75, 3.05) is 0 Å². The lowest BCUT2D eigenvalue weighted by Gasteiger charge is -2.28. The highest BCUT2D eigenvalue weighted by Crippen LogP contribution is 2.30. The number of imidazole rings is 1. The third kappa shape index (κ3) is 3.60. The summed E-state index contributed by atoms with van der Waals surface area (Å²) in [6, 6.07) is 0.409. The van der Waals surface area contributed by atoms with Crippen molar-refractivity contribution in [3.63, 3.8) is 0 Å². The van der Waals surface area contributed by atoms with Gasteiger partial charge in [-0.05, 0) is 24.7 Å². The van der Waals surface area contributed by atoms with Gasteiger partial charge in [0, 0.05) is 30.9 Å². The van der Waals surface area contributed by atoms with E-state index in [1.807, 2.05) is 12.5 Å². The molecule has 20 heavy (non-hydrogen) atoms. The molecule has 3 atom stereocenters. The number of rotatable bonds is 4. The van der Waals surface area contributed by atoms with Gasteiger partial charge >= 0.3 is 0 Å². The highest BCUT2D eigenvalue weighted by Gasteiger charge is 2.31. The highest BCUT2D eigenvalue weighted by molar-refractivity contribution is 5.77. The smallest absolute Gasteiger partial charge is 0.221 e. The van der Waals surface area contributed by atoms with Gasteiger partial charge in [0.15, 0.2) is 0 Å². The van der Waals surface area contributed by atoms with E-state index in [-0.39, 0.29) is 23.4 Å². The number of carbonyl (C=O) groups excluding carboxylic acids is 1. The zero-order chi connectivity index (χ0) is 14.8. The van der Waals surface area contributed by atoms with Crippen molar-refractivity contribution in [3.8, 4) is 0 Å². The molecule has 3 unspecified atom stereocenters. The number of hydrogen-bond donors (Lipinski definition) is 2. The lowest BCUT2D eigenvalue weighted by Crippen LogP contribution is -2.44. The Morgan fingerprint density at radius 3 is 2.85 bits per heavy atom. The van der Waals surface area contributed by atoms with Crippen LogP contribution >= 0.6 is 0 Å². The van der Waals surface area contributed by atoms with Crippen LogP contribution in [0.3, 0.4) is 0 Å². The van der Waals surface area contributed by atoms with Crippen LogP contribution in [0.15, 0.2) is 18.7 Å². The Balaban J connectivity index is 1.91. The quantitative estimate of drug-likeness (QED) is 0.883. The Morgan fingerprint density at radius 2 is 2.25 bits per heavy atom. The van der Waals surface area contributed by atoms with Crippen LogP contribution in [0.25, 0.3) is 0 Å². The molecule has 1 aromatic rings. The van der Waals surface area contributed by atoms with Gasteiger partial charge in [-0.2, -0.15) is 0 Å². The zero-order valence-electron chi connectivity index (χ0n) is 12.7. The lowest BCUT2D eigenvalue weighted by molar-refractivity contribution is -0.122. The molecule has 0 aromatic carbocycles. The predicted octanol–water partition coefficient (Wildman–Crippen LogP) is 1.86. The molecule has 1 aliphatic rings. The molecule has 0 aliphatic heterocycles.